The maximum atomic E-state index is 11.6. The minimum absolute atomic E-state index is 0.279. The Morgan fingerprint density at radius 2 is 2.25 bits per heavy atom. The summed E-state index contributed by atoms with van der Waals surface area (Å²) in [5.74, 6) is 0.263. The maximum Gasteiger partial charge on any atom is 0.356 e. The molecule has 0 bridgehead atoms. The highest BCUT2D eigenvalue weighted by Crippen LogP contribution is 2.32. The van der Waals surface area contributed by atoms with Gasteiger partial charge in [0.2, 0.25) is 0 Å². The third-order valence-corrected chi connectivity index (χ3v) is 5.10. The van der Waals surface area contributed by atoms with Crippen LogP contribution >= 0.6 is 11.3 Å². The first kappa shape index (κ1) is 13.4. The molecule has 0 aromatic carbocycles. The summed E-state index contributed by atoms with van der Waals surface area (Å²) in [5.41, 5.74) is 0.279. The molecule has 1 fully saturated rings. The normalized spacial score (nSPS) is 23.1. The van der Waals surface area contributed by atoms with E-state index in [4.69, 9.17) is 0 Å². The van der Waals surface area contributed by atoms with Gasteiger partial charge in [-0.3, -0.25) is 4.40 Å². The molecule has 6 heteroatoms. The molecule has 2 aromatic rings. The van der Waals surface area contributed by atoms with Gasteiger partial charge in [-0.1, -0.05) is 19.8 Å². The van der Waals surface area contributed by atoms with Gasteiger partial charge in [0, 0.05) is 24.7 Å². The van der Waals surface area contributed by atoms with Gasteiger partial charge in [0.15, 0.2) is 16.5 Å². The van der Waals surface area contributed by atoms with Crippen LogP contribution in [0.3, 0.4) is 0 Å². The molecule has 0 aliphatic heterocycles. The van der Waals surface area contributed by atoms with Gasteiger partial charge in [-0.15, -0.1) is 11.3 Å². The van der Waals surface area contributed by atoms with E-state index >= 15 is 0 Å². The molecule has 2 unspecified atom stereocenters. The predicted octanol–water partition coefficient (Wildman–Crippen LogP) is 3.11. The molecule has 2 atom stereocenters. The Balaban J connectivity index is 2.02. The number of rotatable bonds is 3. The van der Waals surface area contributed by atoms with E-state index in [0.29, 0.717) is 17.8 Å². The van der Waals surface area contributed by atoms with Crippen LogP contribution in [0.15, 0.2) is 11.6 Å². The summed E-state index contributed by atoms with van der Waals surface area (Å²) >= 11 is 1.47. The number of aromatic nitrogens is 2. The van der Waals surface area contributed by atoms with Crippen molar-refractivity contribution in [2.24, 2.45) is 5.92 Å². The largest absolute Gasteiger partial charge is 0.476 e. The van der Waals surface area contributed by atoms with Crippen LogP contribution in [-0.2, 0) is 0 Å². The van der Waals surface area contributed by atoms with Crippen LogP contribution in [0, 0.1) is 5.92 Å². The van der Waals surface area contributed by atoms with Gasteiger partial charge in [0.05, 0.1) is 0 Å². The lowest BCUT2D eigenvalue weighted by atomic mass is 9.85. The average Bonchev–Trinajstić information content (AvgIpc) is 2.97. The molecule has 3 rings (SSSR count). The summed E-state index contributed by atoms with van der Waals surface area (Å²) in [7, 11) is 1.98. The van der Waals surface area contributed by atoms with Gasteiger partial charge in [0.1, 0.15) is 0 Å². The zero-order valence-corrected chi connectivity index (χ0v) is 12.6. The Labute approximate surface area is 121 Å². The molecule has 108 valence electrons. The minimum atomic E-state index is -0.916. The number of fused-ring (bicyclic) bond motifs is 1. The van der Waals surface area contributed by atoms with Crippen molar-refractivity contribution in [1.29, 1.82) is 0 Å². The van der Waals surface area contributed by atoms with Crippen molar-refractivity contribution in [2.75, 3.05) is 11.9 Å². The van der Waals surface area contributed by atoms with E-state index in [-0.39, 0.29) is 5.69 Å². The third-order valence-electron chi connectivity index (χ3n) is 4.34. The summed E-state index contributed by atoms with van der Waals surface area (Å²) in [5, 5.41) is 11.4. The molecule has 5 nitrogen and oxygen atoms in total. The number of imidazole rings is 1. The van der Waals surface area contributed by atoms with Gasteiger partial charge in [-0.05, 0) is 18.8 Å². The van der Waals surface area contributed by atoms with Crippen LogP contribution in [0.5, 0.6) is 0 Å². The summed E-state index contributed by atoms with van der Waals surface area (Å²) in [4.78, 5) is 18.9. The molecule has 0 amide bonds. The van der Waals surface area contributed by atoms with Crippen molar-refractivity contribution < 1.29 is 9.90 Å². The average molecular weight is 293 g/mol. The van der Waals surface area contributed by atoms with Crippen molar-refractivity contribution in [3.8, 4) is 0 Å². The van der Waals surface area contributed by atoms with Crippen LogP contribution in [0.1, 0.15) is 43.1 Å². The third kappa shape index (κ3) is 2.08. The second-order valence-corrected chi connectivity index (χ2v) is 6.46. The molecule has 20 heavy (non-hydrogen) atoms. The van der Waals surface area contributed by atoms with E-state index in [0.717, 1.165) is 11.4 Å². The first-order valence-electron chi connectivity index (χ1n) is 7.01. The quantitative estimate of drug-likeness (QED) is 0.944. The number of nitrogens with zero attached hydrogens (tertiary/aromatic N) is 3. The molecule has 2 aromatic heterocycles. The van der Waals surface area contributed by atoms with Gasteiger partial charge in [-0.25, -0.2) is 9.78 Å². The molecule has 2 heterocycles. The van der Waals surface area contributed by atoms with Crippen LogP contribution in [0.4, 0.5) is 5.82 Å². The van der Waals surface area contributed by atoms with E-state index in [1.807, 2.05) is 12.4 Å². The van der Waals surface area contributed by atoms with Gasteiger partial charge in [-0.2, -0.15) is 0 Å². The van der Waals surface area contributed by atoms with E-state index < -0.39 is 5.97 Å². The number of aromatic carboxylic acids is 1. The topological polar surface area (TPSA) is 57.8 Å². The summed E-state index contributed by atoms with van der Waals surface area (Å²) in [6, 6.07) is 0.381. The number of hydrogen-bond acceptors (Lipinski definition) is 4. The van der Waals surface area contributed by atoms with Crippen LogP contribution in [-0.4, -0.2) is 33.6 Å². The fraction of sp³-hybridized carbons (Fsp3) is 0.571. The fourth-order valence-corrected chi connectivity index (χ4v) is 3.96. The van der Waals surface area contributed by atoms with Gasteiger partial charge < -0.3 is 10.0 Å². The molecule has 0 radical (unpaired) electrons. The van der Waals surface area contributed by atoms with Crippen molar-refractivity contribution in [3.63, 3.8) is 0 Å². The Hall–Kier alpha value is -1.56. The molecule has 1 aliphatic carbocycles. The van der Waals surface area contributed by atoms with E-state index in [9.17, 15) is 9.90 Å². The van der Waals surface area contributed by atoms with Crippen molar-refractivity contribution in [2.45, 2.75) is 38.6 Å². The number of anilines is 1. The molecular formula is C14H19N3O2S. The Morgan fingerprint density at radius 3 is 2.95 bits per heavy atom. The van der Waals surface area contributed by atoms with Crippen LogP contribution < -0.4 is 4.90 Å². The smallest absolute Gasteiger partial charge is 0.356 e. The SMILES string of the molecule is CC1CCCCC1N(C)c1nc2sccn2c1C(=O)O. The number of carboxylic acid groups (broad SMARTS) is 1. The molecular weight excluding hydrogens is 274 g/mol. The highest BCUT2D eigenvalue weighted by Gasteiger charge is 2.30. The number of carbonyl (C=O) groups is 1. The van der Waals surface area contributed by atoms with Crippen LogP contribution in [0.2, 0.25) is 0 Å². The fourth-order valence-electron chi connectivity index (χ4n) is 3.25. The van der Waals surface area contributed by atoms with E-state index in [1.165, 1.54) is 30.6 Å². The maximum absolute atomic E-state index is 11.6. The highest BCUT2D eigenvalue weighted by atomic mass is 32.1. The van der Waals surface area contributed by atoms with E-state index in [1.54, 1.807) is 10.6 Å². The molecule has 0 spiro atoms. The lowest BCUT2D eigenvalue weighted by Gasteiger charge is -2.36. The standard InChI is InChI=1S/C14H19N3O2S/c1-9-5-3-4-6-10(9)16(2)12-11(13(18)19)17-7-8-20-14(17)15-12/h7-10H,3-6H2,1-2H3,(H,18,19). The van der Waals surface area contributed by atoms with E-state index in [2.05, 4.69) is 16.8 Å². The monoisotopic (exact) mass is 293 g/mol. The Morgan fingerprint density at radius 1 is 1.50 bits per heavy atom. The minimum Gasteiger partial charge on any atom is -0.476 e. The summed E-state index contributed by atoms with van der Waals surface area (Å²) in [6.45, 7) is 2.25. The summed E-state index contributed by atoms with van der Waals surface area (Å²) < 4.78 is 1.67. The summed E-state index contributed by atoms with van der Waals surface area (Å²) in [6.07, 6.45) is 6.58. The first-order chi connectivity index (χ1) is 9.59. The van der Waals surface area contributed by atoms with Gasteiger partial charge >= 0.3 is 5.97 Å². The van der Waals surface area contributed by atoms with Crippen LogP contribution in [0.25, 0.3) is 4.96 Å². The predicted molar refractivity (Wildman–Crippen MR) is 79.9 cm³/mol. The van der Waals surface area contributed by atoms with Crippen molar-refractivity contribution >= 4 is 28.1 Å². The Kier molecular flexibility index (Phi) is 3.41. The second kappa shape index (κ2) is 5.09. The van der Waals surface area contributed by atoms with Crippen molar-refractivity contribution in [3.05, 3.63) is 17.3 Å². The zero-order chi connectivity index (χ0) is 14.3. The Bertz CT molecular complexity index is 633. The van der Waals surface area contributed by atoms with Crippen molar-refractivity contribution in [1.82, 2.24) is 9.38 Å². The lowest BCUT2D eigenvalue weighted by Crippen LogP contribution is -2.39. The lowest BCUT2D eigenvalue weighted by molar-refractivity contribution is 0.0690. The molecule has 1 N–H and O–H groups in total. The number of carboxylic acids is 1. The number of thiazole rings is 1. The first-order valence-corrected chi connectivity index (χ1v) is 7.89. The highest BCUT2D eigenvalue weighted by molar-refractivity contribution is 7.15. The zero-order valence-electron chi connectivity index (χ0n) is 11.7. The molecule has 0 saturated heterocycles. The van der Waals surface area contributed by atoms with Gasteiger partial charge in [0.25, 0.3) is 0 Å². The molecule has 1 aliphatic rings. The second-order valence-electron chi connectivity index (χ2n) is 5.58. The molecule has 1 saturated carbocycles. The number of hydrogen-bond donors (Lipinski definition) is 1.